The molecule has 1 aliphatic heterocycles. The molecule has 1 aliphatic rings. The van der Waals surface area contributed by atoms with Crippen molar-refractivity contribution in [1.82, 2.24) is 0 Å². The maximum atomic E-state index is 5.44. The van der Waals surface area contributed by atoms with Crippen molar-refractivity contribution in [2.75, 3.05) is 11.9 Å². The van der Waals surface area contributed by atoms with Crippen LogP contribution >= 0.6 is 15.9 Å². The van der Waals surface area contributed by atoms with E-state index in [-0.39, 0.29) is 5.41 Å². The largest absolute Gasteiger partial charge is 0.376 e. The van der Waals surface area contributed by atoms with Gasteiger partial charge in [0.1, 0.15) is 0 Å². The van der Waals surface area contributed by atoms with Gasteiger partial charge in [-0.1, -0.05) is 48.0 Å². The van der Waals surface area contributed by atoms with Gasteiger partial charge in [0, 0.05) is 5.33 Å². The Labute approximate surface area is 100.0 Å². The molecule has 1 nitrogen and oxygen atoms in total. The van der Waals surface area contributed by atoms with Gasteiger partial charge in [-0.3, -0.25) is 0 Å². The molecule has 2 rings (SSSR count). The third kappa shape index (κ3) is 2.26. The van der Waals surface area contributed by atoms with E-state index in [0.29, 0.717) is 0 Å². The van der Waals surface area contributed by atoms with Gasteiger partial charge in [-0.25, -0.2) is 0 Å². The fourth-order valence-corrected chi connectivity index (χ4v) is 2.19. The molecule has 0 atom stereocenters. The number of hydrogen-bond acceptors (Lipinski definition) is 1. The number of fused-ring (bicyclic) bond motifs is 1. The van der Waals surface area contributed by atoms with E-state index < -0.39 is 0 Å². The van der Waals surface area contributed by atoms with Gasteiger partial charge in [0.25, 0.3) is 0 Å². The van der Waals surface area contributed by atoms with Crippen molar-refractivity contribution in [3.8, 4) is 0 Å². The van der Waals surface area contributed by atoms with Crippen LogP contribution in [0, 0.1) is 0 Å². The van der Waals surface area contributed by atoms with E-state index in [1.807, 2.05) is 0 Å². The second-order valence-electron chi connectivity index (χ2n) is 4.80. The molecular weight excluding hydrogens is 252 g/mol. The Bertz CT molecular complexity index is 358. The molecule has 0 unspecified atom stereocenters. The zero-order valence-corrected chi connectivity index (χ0v) is 10.9. The summed E-state index contributed by atoms with van der Waals surface area (Å²) in [6.07, 6.45) is 1.06. The third-order valence-electron chi connectivity index (χ3n) is 3.10. The summed E-state index contributed by atoms with van der Waals surface area (Å²) in [6.45, 7) is 6.18. The van der Waals surface area contributed by atoms with Crippen LogP contribution in [-0.4, -0.2) is 11.9 Å². The monoisotopic (exact) mass is 268 g/mol. The molecule has 1 aromatic carbocycles. The van der Waals surface area contributed by atoms with E-state index in [9.17, 15) is 0 Å². The van der Waals surface area contributed by atoms with Crippen LogP contribution in [0.5, 0.6) is 0 Å². The molecule has 0 saturated carbocycles. The van der Waals surface area contributed by atoms with E-state index in [1.54, 1.807) is 0 Å². The summed E-state index contributed by atoms with van der Waals surface area (Å²) in [6, 6.07) is 6.79. The molecule has 0 spiro atoms. The van der Waals surface area contributed by atoms with E-state index in [1.165, 1.54) is 16.7 Å². The van der Waals surface area contributed by atoms with Crippen LogP contribution in [0.15, 0.2) is 18.2 Å². The Hall–Kier alpha value is -0.340. The summed E-state index contributed by atoms with van der Waals surface area (Å²) >= 11 is 3.58. The first-order valence-electron chi connectivity index (χ1n) is 5.39. The van der Waals surface area contributed by atoms with Crippen molar-refractivity contribution < 1.29 is 4.74 Å². The smallest absolute Gasteiger partial charge is 0.0719 e. The molecule has 0 bridgehead atoms. The number of ether oxygens (including phenoxy) is 1. The van der Waals surface area contributed by atoms with Gasteiger partial charge >= 0.3 is 0 Å². The number of alkyl halides is 1. The highest BCUT2D eigenvalue weighted by Crippen LogP contribution is 2.28. The van der Waals surface area contributed by atoms with E-state index >= 15 is 0 Å². The number of benzene rings is 1. The molecule has 0 radical (unpaired) electrons. The summed E-state index contributed by atoms with van der Waals surface area (Å²) in [5.74, 6) is 0. The van der Waals surface area contributed by atoms with Crippen LogP contribution in [-0.2, 0) is 23.2 Å². The molecule has 0 fully saturated rings. The Morgan fingerprint density at radius 3 is 2.87 bits per heavy atom. The van der Waals surface area contributed by atoms with Crippen LogP contribution in [0.4, 0.5) is 0 Å². The fraction of sp³-hybridized carbons (Fsp3) is 0.538. The van der Waals surface area contributed by atoms with Crippen molar-refractivity contribution in [2.24, 2.45) is 0 Å². The summed E-state index contributed by atoms with van der Waals surface area (Å²) in [7, 11) is 0. The van der Waals surface area contributed by atoms with E-state index in [2.05, 4.69) is 48.0 Å². The van der Waals surface area contributed by atoms with Gasteiger partial charge in [0.15, 0.2) is 0 Å². The van der Waals surface area contributed by atoms with Crippen molar-refractivity contribution in [2.45, 2.75) is 32.3 Å². The summed E-state index contributed by atoms with van der Waals surface area (Å²) < 4.78 is 5.44. The molecule has 1 aromatic rings. The highest BCUT2D eigenvalue weighted by atomic mass is 79.9. The third-order valence-corrected chi connectivity index (χ3v) is 4.50. The highest BCUT2D eigenvalue weighted by Gasteiger charge is 2.20. The predicted molar refractivity (Wildman–Crippen MR) is 66.6 cm³/mol. The first-order chi connectivity index (χ1) is 7.13. The van der Waals surface area contributed by atoms with Crippen LogP contribution in [0.3, 0.4) is 0 Å². The van der Waals surface area contributed by atoms with Gasteiger partial charge in [-0.05, 0) is 28.5 Å². The predicted octanol–water partition coefficient (Wildman–Crippen LogP) is 3.43. The van der Waals surface area contributed by atoms with Crippen molar-refractivity contribution >= 4 is 15.9 Å². The van der Waals surface area contributed by atoms with Gasteiger partial charge in [0.2, 0.25) is 0 Å². The fourth-order valence-electron chi connectivity index (χ4n) is 1.86. The van der Waals surface area contributed by atoms with Gasteiger partial charge in [-0.2, -0.15) is 0 Å². The summed E-state index contributed by atoms with van der Waals surface area (Å²) in [4.78, 5) is 0. The Morgan fingerprint density at radius 1 is 1.33 bits per heavy atom. The summed E-state index contributed by atoms with van der Waals surface area (Å²) in [5.41, 5.74) is 4.45. The maximum Gasteiger partial charge on any atom is 0.0719 e. The molecule has 0 amide bonds. The first kappa shape index (κ1) is 11.2. The second-order valence-corrected chi connectivity index (χ2v) is 5.36. The van der Waals surface area contributed by atoms with E-state index in [4.69, 9.17) is 4.74 Å². The lowest BCUT2D eigenvalue weighted by atomic mass is 9.84. The SMILES string of the molecule is CC(C)(CBr)c1ccc2c(c1)CCOC2. The first-order valence-corrected chi connectivity index (χ1v) is 6.51. The van der Waals surface area contributed by atoms with Crippen molar-refractivity contribution in [3.63, 3.8) is 0 Å². The van der Waals surface area contributed by atoms with Crippen LogP contribution in [0.1, 0.15) is 30.5 Å². The van der Waals surface area contributed by atoms with Crippen LogP contribution in [0.2, 0.25) is 0 Å². The van der Waals surface area contributed by atoms with Gasteiger partial charge in [-0.15, -0.1) is 0 Å². The topological polar surface area (TPSA) is 9.23 Å². The zero-order valence-electron chi connectivity index (χ0n) is 9.35. The van der Waals surface area contributed by atoms with Crippen molar-refractivity contribution in [1.29, 1.82) is 0 Å². The standard InChI is InChI=1S/C13H17BrO/c1-13(2,9-14)12-4-3-11-8-15-6-5-10(11)7-12/h3-4,7H,5-6,8-9H2,1-2H3. The molecule has 0 N–H and O–H groups in total. The average molecular weight is 269 g/mol. The lowest BCUT2D eigenvalue weighted by Gasteiger charge is -2.25. The number of hydrogen-bond donors (Lipinski definition) is 0. The van der Waals surface area contributed by atoms with Crippen molar-refractivity contribution in [3.05, 3.63) is 34.9 Å². The Kier molecular flexibility index (Phi) is 3.17. The number of halogens is 1. The minimum absolute atomic E-state index is 0.216. The van der Waals surface area contributed by atoms with E-state index in [0.717, 1.165) is 25.0 Å². The minimum Gasteiger partial charge on any atom is -0.376 e. The lowest BCUT2D eigenvalue weighted by Crippen LogP contribution is -2.20. The zero-order chi connectivity index (χ0) is 10.9. The molecule has 15 heavy (non-hydrogen) atoms. The maximum absolute atomic E-state index is 5.44. The normalized spacial score (nSPS) is 16.2. The second kappa shape index (κ2) is 4.26. The quantitative estimate of drug-likeness (QED) is 0.747. The summed E-state index contributed by atoms with van der Waals surface area (Å²) in [5, 5.41) is 0.995. The minimum atomic E-state index is 0.216. The Morgan fingerprint density at radius 2 is 2.13 bits per heavy atom. The molecule has 0 aliphatic carbocycles. The van der Waals surface area contributed by atoms with Crippen LogP contribution in [0.25, 0.3) is 0 Å². The van der Waals surface area contributed by atoms with Gasteiger partial charge < -0.3 is 4.74 Å². The molecule has 82 valence electrons. The lowest BCUT2D eigenvalue weighted by molar-refractivity contribution is 0.110. The molecular formula is C13H17BrO. The molecule has 2 heteroatoms. The molecule has 0 saturated heterocycles. The Balaban J connectivity index is 2.36. The van der Waals surface area contributed by atoms with Gasteiger partial charge in [0.05, 0.1) is 13.2 Å². The molecule has 1 heterocycles. The highest BCUT2D eigenvalue weighted by molar-refractivity contribution is 9.09. The average Bonchev–Trinajstić information content (AvgIpc) is 2.28. The number of rotatable bonds is 2. The molecule has 0 aromatic heterocycles. The van der Waals surface area contributed by atoms with Crippen LogP contribution < -0.4 is 0 Å².